The molecule has 1 heterocycles. The quantitative estimate of drug-likeness (QED) is 0.804. The Kier molecular flexibility index (Phi) is 4.79. The number of amides is 4. The first-order chi connectivity index (χ1) is 11.9. The minimum absolute atomic E-state index is 0.102. The first kappa shape index (κ1) is 17.5. The number of nitrogens with one attached hydrogen (secondary N) is 2. The van der Waals surface area contributed by atoms with Crippen LogP contribution in [0.5, 0.6) is 0 Å². The highest BCUT2D eigenvalue weighted by atomic mass is 35.5. The average Bonchev–Trinajstić information content (AvgIpc) is 2.52. The van der Waals surface area contributed by atoms with Crippen LogP contribution in [-0.4, -0.2) is 17.8 Å². The Morgan fingerprint density at radius 3 is 1.60 bits per heavy atom. The monoisotopic (exact) mass is 376 g/mol. The average molecular weight is 377 g/mol. The van der Waals surface area contributed by atoms with E-state index >= 15 is 0 Å². The summed E-state index contributed by atoms with van der Waals surface area (Å²) in [5, 5.41) is 5.39. The molecule has 0 atom stereocenters. The first-order valence-corrected chi connectivity index (χ1v) is 8.30. The van der Waals surface area contributed by atoms with E-state index in [9.17, 15) is 14.4 Å². The molecule has 1 fully saturated rings. The zero-order chi connectivity index (χ0) is 18.0. The highest BCUT2D eigenvalue weighted by Crippen LogP contribution is 2.32. The van der Waals surface area contributed by atoms with E-state index in [1.54, 1.807) is 48.5 Å². The molecule has 5 nitrogen and oxygen atoms in total. The second kappa shape index (κ2) is 6.86. The third-order valence-corrected chi connectivity index (χ3v) is 4.58. The van der Waals surface area contributed by atoms with E-state index in [-0.39, 0.29) is 12.8 Å². The molecule has 3 rings (SSSR count). The van der Waals surface area contributed by atoms with E-state index in [4.69, 9.17) is 23.2 Å². The summed E-state index contributed by atoms with van der Waals surface area (Å²) in [7, 11) is 0. The Hall–Kier alpha value is -2.37. The molecule has 2 N–H and O–H groups in total. The zero-order valence-electron chi connectivity index (χ0n) is 13.0. The van der Waals surface area contributed by atoms with E-state index in [1.165, 1.54) is 0 Å². The van der Waals surface area contributed by atoms with Crippen molar-refractivity contribution in [2.45, 2.75) is 12.8 Å². The maximum atomic E-state index is 12.7. The third-order valence-electron chi connectivity index (χ3n) is 4.11. The van der Waals surface area contributed by atoms with Crippen LogP contribution < -0.4 is 10.6 Å². The summed E-state index contributed by atoms with van der Waals surface area (Å²) in [6.07, 6.45) is 0.204. The van der Waals surface area contributed by atoms with Gasteiger partial charge in [0.2, 0.25) is 11.8 Å². The maximum Gasteiger partial charge on any atom is 0.328 e. The van der Waals surface area contributed by atoms with E-state index in [0.29, 0.717) is 21.2 Å². The van der Waals surface area contributed by atoms with Crippen LogP contribution >= 0.6 is 23.2 Å². The molecule has 0 unspecified atom stereocenters. The summed E-state index contributed by atoms with van der Waals surface area (Å²) in [4.78, 5) is 36.8. The van der Waals surface area contributed by atoms with Crippen LogP contribution in [0.15, 0.2) is 48.5 Å². The molecule has 0 spiro atoms. The van der Waals surface area contributed by atoms with Gasteiger partial charge in [-0.05, 0) is 48.2 Å². The fourth-order valence-electron chi connectivity index (χ4n) is 2.95. The van der Waals surface area contributed by atoms with Gasteiger partial charge in [-0.1, -0.05) is 47.5 Å². The largest absolute Gasteiger partial charge is 0.328 e. The summed E-state index contributed by atoms with van der Waals surface area (Å²) in [5.41, 5.74) is -0.0353. The zero-order valence-corrected chi connectivity index (χ0v) is 14.5. The Morgan fingerprint density at radius 1 is 0.760 bits per heavy atom. The van der Waals surface area contributed by atoms with Crippen molar-refractivity contribution in [3.63, 3.8) is 0 Å². The summed E-state index contributed by atoms with van der Waals surface area (Å²) in [5.74, 6) is -1.28. The van der Waals surface area contributed by atoms with Crippen molar-refractivity contribution in [3.05, 3.63) is 69.7 Å². The van der Waals surface area contributed by atoms with E-state index < -0.39 is 23.3 Å². The molecule has 7 heteroatoms. The van der Waals surface area contributed by atoms with Gasteiger partial charge >= 0.3 is 6.03 Å². The fourth-order valence-corrected chi connectivity index (χ4v) is 3.38. The van der Waals surface area contributed by atoms with Crippen LogP contribution in [0.2, 0.25) is 10.0 Å². The smallest absolute Gasteiger partial charge is 0.277 e. The predicted molar refractivity (Wildman–Crippen MR) is 94.4 cm³/mol. The van der Waals surface area contributed by atoms with Crippen LogP contribution in [0.1, 0.15) is 11.1 Å². The van der Waals surface area contributed by atoms with Crippen molar-refractivity contribution in [1.29, 1.82) is 0 Å². The van der Waals surface area contributed by atoms with Crippen molar-refractivity contribution in [3.8, 4) is 0 Å². The van der Waals surface area contributed by atoms with Gasteiger partial charge in [-0.3, -0.25) is 20.2 Å². The van der Waals surface area contributed by atoms with Crippen molar-refractivity contribution < 1.29 is 14.4 Å². The topological polar surface area (TPSA) is 75.3 Å². The summed E-state index contributed by atoms with van der Waals surface area (Å²) >= 11 is 12.0. The number of benzene rings is 2. The molecule has 1 aliphatic heterocycles. The molecule has 0 radical (unpaired) electrons. The van der Waals surface area contributed by atoms with Gasteiger partial charge in [-0.25, -0.2) is 4.79 Å². The van der Waals surface area contributed by atoms with E-state index in [1.807, 2.05) is 0 Å². The molecule has 0 aromatic heterocycles. The first-order valence-electron chi connectivity index (χ1n) is 7.55. The summed E-state index contributed by atoms with van der Waals surface area (Å²) in [6, 6.07) is 13.0. The van der Waals surface area contributed by atoms with Gasteiger partial charge < -0.3 is 0 Å². The second-order valence-corrected chi connectivity index (χ2v) is 6.81. The number of carbonyl (C=O) groups is 3. The molecule has 0 bridgehead atoms. The lowest BCUT2D eigenvalue weighted by Crippen LogP contribution is -2.64. The second-order valence-electron chi connectivity index (χ2n) is 5.93. The number of halogens is 2. The summed E-state index contributed by atoms with van der Waals surface area (Å²) < 4.78 is 0. The van der Waals surface area contributed by atoms with E-state index in [0.717, 1.165) is 0 Å². The molecule has 2 aromatic rings. The third kappa shape index (κ3) is 3.67. The molecular weight excluding hydrogens is 363 g/mol. The number of imide groups is 2. The van der Waals surface area contributed by atoms with Crippen LogP contribution in [0, 0.1) is 5.41 Å². The van der Waals surface area contributed by atoms with Gasteiger partial charge in [0.1, 0.15) is 5.41 Å². The molecule has 1 saturated heterocycles. The number of rotatable bonds is 4. The van der Waals surface area contributed by atoms with Crippen LogP contribution in [0.3, 0.4) is 0 Å². The molecular formula is C18H14Cl2N2O3. The van der Waals surface area contributed by atoms with Crippen LogP contribution in [0.25, 0.3) is 0 Å². The molecule has 128 valence electrons. The lowest BCUT2D eigenvalue weighted by molar-refractivity contribution is -0.144. The van der Waals surface area contributed by atoms with Gasteiger partial charge in [-0.15, -0.1) is 0 Å². The highest BCUT2D eigenvalue weighted by molar-refractivity contribution is 6.31. The van der Waals surface area contributed by atoms with Crippen LogP contribution in [-0.2, 0) is 22.4 Å². The SMILES string of the molecule is O=C1NC(=O)C(Cc2cccc(Cl)c2)(Cc2cccc(Cl)c2)C(=O)N1. The molecule has 0 aliphatic carbocycles. The maximum absolute atomic E-state index is 12.7. The van der Waals surface area contributed by atoms with Crippen LogP contribution in [0.4, 0.5) is 4.79 Å². The Labute approximate surface area is 154 Å². The van der Waals surface area contributed by atoms with Crippen molar-refractivity contribution in [2.24, 2.45) is 5.41 Å². The van der Waals surface area contributed by atoms with Gasteiger partial charge in [0.15, 0.2) is 0 Å². The molecule has 1 aliphatic rings. The molecule has 25 heavy (non-hydrogen) atoms. The van der Waals surface area contributed by atoms with Gasteiger partial charge in [-0.2, -0.15) is 0 Å². The number of hydrogen-bond acceptors (Lipinski definition) is 3. The lowest BCUT2D eigenvalue weighted by atomic mass is 9.74. The standard InChI is InChI=1S/C18H14Cl2N2O3/c19-13-5-1-3-11(7-13)9-18(10-12-4-2-6-14(20)8-12)15(23)21-17(25)22-16(18)24/h1-8H,9-10H2,(H2,21,22,23,24,25). The predicted octanol–water partition coefficient (Wildman–Crippen LogP) is 3.13. The Morgan fingerprint density at radius 2 is 1.20 bits per heavy atom. The normalized spacial score (nSPS) is 16.3. The van der Waals surface area contributed by atoms with Gasteiger partial charge in [0.05, 0.1) is 0 Å². The number of hydrogen-bond donors (Lipinski definition) is 2. The molecule has 4 amide bonds. The summed E-state index contributed by atoms with van der Waals surface area (Å²) in [6.45, 7) is 0. The minimum atomic E-state index is -1.47. The number of urea groups is 1. The van der Waals surface area contributed by atoms with Crippen molar-refractivity contribution in [2.75, 3.05) is 0 Å². The molecule has 2 aromatic carbocycles. The minimum Gasteiger partial charge on any atom is -0.277 e. The highest BCUT2D eigenvalue weighted by Gasteiger charge is 2.50. The number of barbiturate groups is 1. The Balaban J connectivity index is 2.02. The van der Waals surface area contributed by atoms with Crippen molar-refractivity contribution in [1.82, 2.24) is 10.6 Å². The van der Waals surface area contributed by atoms with E-state index in [2.05, 4.69) is 10.6 Å². The lowest BCUT2D eigenvalue weighted by Gasteiger charge is -2.34. The van der Waals surface area contributed by atoms with Crippen molar-refractivity contribution >= 4 is 41.0 Å². The molecule has 0 saturated carbocycles. The van der Waals surface area contributed by atoms with Gasteiger partial charge in [0, 0.05) is 10.0 Å². The Bertz CT molecular complexity index is 797. The number of carbonyl (C=O) groups excluding carboxylic acids is 3. The fraction of sp³-hybridized carbons (Fsp3) is 0.167. The van der Waals surface area contributed by atoms with Gasteiger partial charge in [0.25, 0.3) is 0 Å².